The second-order valence-corrected chi connectivity index (χ2v) is 8.52. The molecule has 2 aromatic heterocycles. The quantitative estimate of drug-likeness (QED) is 0.462. The first kappa shape index (κ1) is 20.5. The largest absolute Gasteiger partial charge is 0.495 e. The summed E-state index contributed by atoms with van der Waals surface area (Å²) in [5.74, 6) is 0.835. The topological polar surface area (TPSA) is 52.4 Å². The van der Waals surface area contributed by atoms with Gasteiger partial charge in [-0.15, -0.1) is 0 Å². The van der Waals surface area contributed by atoms with Crippen molar-refractivity contribution in [1.29, 1.82) is 0 Å². The zero-order valence-corrected chi connectivity index (χ0v) is 18.9. The average Bonchev–Trinajstić information content (AvgIpc) is 3.23. The van der Waals surface area contributed by atoms with Crippen molar-refractivity contribution in [3.8, 4) is 28.0 Å². The van der Waals surface area contributed by atoms with Gasteiger partial charge in [0.15, 0.2) is 0 Å². The maximum atomic E-state index is 5.90. The lowest BCUT2D eigenvalue weighted by atomic mass is 9.99. The van der Waals surface area contributed by atoms with Gasteiger partial charge in [0.1, 0.15) is 5.75 Å². The first-order chi connectivity index (χ1) is 15.5. The Labute approximate surface area is 188 Å². The van der Waals surface area contributed by atoms with Crippen LogP contribution in [-0.2, 0) is 11.8 Å². The number of fused-ring (bicyclic) bond motifs is 1. The molecule has 0 amide bonds. The maximum Gasteiger partial charge on any atom is 0.137 e. The number of methoxy groups -OCH3 is 1. The molecule has 3 heterocycles. The Morgan fingerprint density at radius 2 is 1.69 bits per heavy atom. The van der Waals surface area contributed by atoms with E-state index in [-0.39, 0.29) is 12.2 Å². The minimum atomic E-state index is 0.234. The van der Waals surface area contributed by atoms with E-state index in [0.717, 1.165) is 52.0 Å². The van der Waals surface area contributed by atoms with Gasteiger partial charge >= 0.3 is 0 Å². The van der Waals surface area contributed by atoms with Crippen molar-refractivity contribution in [3.05, 3.63) is 61.1 Å². The number of aromatic nitrogens is 3. The number of aryl methyl sites for hydroxylation is 1. The molecule has 0 bridgehead atoms. The third-order valence-corrected chi connectivity index (χ3v) is 6.03. The van der Waals surface area contributed by atoms with E-state index >= 15 is 0 Å². The zero-order chi connectivity index (χ0) is 22.2. The number of ether oxygens (including phenoxy) is 2. The third kappa shape index (κ3) is 3.71. The molecule has 1 aliphatic rings. The number of morpholine rings is 1. The molecule has 1 fully saturated rings. The molecule has 4 aromatic rings. The van der Waals surface area contributed by atoms with E-state index in [9.17, 15) is 0 Å². The van der Waals surface area contributed by atoms with Gasteiger partial charge in [0, 0.05) is 60.3 Å². The van der Waals surface area contributed by atoms with Crippen LogP contribution in [0.4, 0.5) is 5.69 Å². The normalized spacial score (nSPS) is 18.8. The number of para-hydroxylation sites is 1. The molecule has 0 aliphatic carbocycles. The van der Waals surface area contributed by atoms with Gasteiger partial charge < -0.3 is 14.4 Å². The second kappa shape index (κ2) is 8.28. The van der Waals surface area contributed by atoms with Crippen LogP contribution in [0.1, 0.15) is 13.8 Å². The molecule has 0 radical (unpaired) electrons. The van der Waals surface area contributed by atoms with Crippen molar-refractivity contribution in [2.75, 3.05) is 25.1 Å². The van der Waals surface area contributed by atoms with E-state index in [1.54, 1.807) is 11.8 Å². The van der Waals surface area contributed by atoms with Crippen LogP contribution in [-0.4, -0.2) is 47.2 Å². The number of rotatable bonds is 4. The summed E-state index contributed by atoms with van der Waals surface area (Å²) in [7, 11) is 3.64. The summed E-state index contributed by atoms with van der Waals surface area (Å²) in [6, 6.07) is 14.8. The van der Waals surface area contributed by atoms with Crippen LogP contribution in [0.2, 0.25) is 0 Å². The number of anilines is 1. The summed E-state index contributed by atoms with van der Waals surface area (Å²) < 4.78 is 13.6. The summed E-state index contributed by atoms with van der Waals surface area (Å²) in [5, 5.41) is 5.30. The minimum absolute atomic E-state index is 0.234. The molecule has 0 N–H and O–H groups in total. The highest BCUT2D eigenvalue weighted by Crippen LogP contribution is 2.39. The van der Waals surface area contributed by atoms with Gasteiger partial charge in [-0.25, -0.2) is 0 Å². The molecule has 0 spiro atoms. The summed E-state index contributed by atoms with van der Waals surface area (Å²) in [6.45, 7) is 6.06. The van der Waals surface area contributed by atoms with Crippen molar-refractivity contribution < 1.29 is 9.47 Å². The van der Waals surface area contributed by atoms with Crippen molar-refractivity contribution >= 4 is 16.6 Å². The number of hydrogen-bond donors (Lipinski definition) is 0. The molecule has 0 saturated carbocycles. The lowest BCUT2D eigenvalue weighted by molar-refractivity contribution is -0.00521. The molecule has 1 aliphatic heterocycles. The smallest absolute Gasteiger partial charge is 0.137 e. The predicted molar refractivity (Wildman–Crippen MR) is 128 cm³/mol. The van der Waals surface area contributed by atoms with Crippen LogP contribution >= 0.6 is 0 Å². The van der Waals surface area contributed by atoms with Crippen molar-refractivity contribution in [1.82, 2.24) is 14.8 Å². The lowest BCUT2D eigenvalue weighted by Gasteiger charge is -2.36. The van der Waals surface area contributed by atoms with Crippen LogP contribution in [0.15, 0.2) is 61.1 Å². The number of benzene rings is 2. The molecular weight excluding hydrogens is 400 g/mol. The molecule has 164 valence electrons. The maximum absolute atomic E-state index is 5.90. The highest BCUT2D eigenvalue weighted by atomic mass is 16.5. The van der Waals surface area contributed by atoms with Crippen LogP contribution in [0.5, 0.6) is 5.75 Å². The Kier molecular flexibility index (Phi) is 5.31. The van der Waals surface area contributed by atoms with Gasteiger partial charge in [0.25, 0.3) is 0 Å². The SMILES string of the molecule is COc1c(-c2ccc(N3C[C@@H](C)O[C@@H](C)C3)cc2)cnc2c(-c3cnn(C)c3)cccc12. The van der Waals surface area contributed by atoms with E-state index in [1.807, 2.05) is 31.7 Å². The molecule has 2 aromatic carbocycles. The molecule has 2 atom stereocenters. The molecule has 5 rings (SSSR count). The van der Waals surface area contributed by atoms with Crippen molar-refractivity contribution in [2.24, 2.45) is 7.05 Å². The van der Waals surface area contributed by atoms with Gasteiger partial charge in [-0.05, 0) is 37.6 Å². The molecule has 0 unspecified atom stereocenters. The molecular formula is C26H28N4O2. The fourth-order valence-corrected chi connectivity index (χ4v) is 4.66. The number of nitrogens with zero attached hydrogens (tertiary/aromatic N) is 4. The van der Waals surface area contributed by atoms with E-state index in [2.05, 4.69) is 60.2 Å². The molecule has 1 saturated heterocycles. The van der Waals surface area contributed by atoms with E-state index < -0.39 is 0 Å². The zero-order valence-electron chi connectivity index (χ0n) is 18.9. The number of pyridine rings is 1. The first-order valence-corrected chi connectivity index (χ1v) is 11.0. The van der Waals surface area contributed by atoms with Gasteiger partial charge in [-0.2, -0.15) is 5.10 Å². The fraction of sp³-hybridized carbons (Fsp3) is 0.308. The van der Waals surface area contributed by atoms with E-state index in [1.165, 1.54) is 5.69 Å². The lowest BCUT2D eigenvalue weighted by Crippen LogP contribution is -2.45. The predicted octanol–water partition coefficient (Wildman–Crippen LogP) is 4.92. The van der Waals surface area contributed by atoms with Crippen LogP contribution < -0.4 is 9.64 Å². The molecule has 32 heavy (non-hydrogen) atoms. The monoisotopic (exact) mass is 428 g/mol. The summed E-state index contributed by atoms with van der Waals surface area (Å²) in [6.07, 6.45) is 6.25. The minimum Gasteiger partial charge on any atom is -0.495 e. The van der Waals surface area contributed by atoms with Crippen LogP contribution in [0, 0.1) is 0 Å². The fourth-order valence-electron chi connectivity index (χ4n) is 4.66. The van der Waals surface area contributed by atoms with Gasteiger partial charge in [0.05, 0.1) is 31.0 Å². The van der Waals surface area contributed by atoms with E-state index in [4.69, 9.17) is 14.5 Å². The van der Waals surface area contributed by atoms with Gasteiger partial charge in [0.2, 0.25) is 0 Å². The Morgan fingerprint density at radius 1 is 0.938 bits per heavy atom. The Bertz CT molecular complexity index is 1240. The third-order valence-electron chi connectivity index (χ3n) is 6.03. The van der Waals surface area contributed by atoms with Crippen LogP contribution in [0.25, 0.3) is 33.2 Å². The summed E-state index contributed by atoms with van der Waals surface area (Å²) >= 11 is 0. The summed E-state index contributed by atoms with van der Waals surface area (Å²) in [4.78, 5) is 7.23. The highest BCUT2D eigenvalue weighted by Gasteiger charge is 2.22. The van der Waals surface area contributed by atoms with Crippen LogP contribution in [0.3, 0.4) is 0 Å². The Balaban J connectivity index is 1.53. The van der Waals surface area contributed by atoms with Gasteiger partial charge in [-0.3, -0.25) is 9.67 Å². The number of hydrogen-bond acceptors (Lipinski definition) is 5. The first-order valence-electron chi connectivity index (χ1n) is 11.0. The second-order valence-electron chi connectivity index (χ2n) is 8.52. The summed E-state index contributed by atoms with van der Waals surface area (Å²) in [5.41, 5.74) is 6.28. The Hall–Kier alpha value is -3.38. The Morgan fingerprint density at radius 3 is 2.34 bits per heavy atom. The van der Waals surface area contributed by atoms with Gasteiger partial charge in [-0.1, -0.05) is 24.3 Å². The standard InChI is InChI=1S/C26H28N4O2/c1-17-14-30(15-18(2)32-17)21-10-8-19(9-11-21)24-13-27-25-22(20-12-28-29(3)16-20)6-5-7-23(25)26(24)31-4/h5-13,16-18H,14-15H2,1-4H3/t17-,18+. The average molecular weight is 429 g/mol. The van der Waals surface area contributed by atoms with Crippen molar-refractivity contribution in [3.63, 3.8) is 0 Å². The van der Waals surface area contributed by atoms with Crippen molar-refractivity contribution in [2.45, 2.75) is 26.1 Å². The molecule has 6 nitrogen and oxygen atoms in total. The highest BCUT2D eigenvalue weighted by molar-refractivity contribution is 6.00. The molecule has 6 heteroatoms. The van der Waals surface area contributed by atoms with E-state index in [0.29, 0.717) is 0 Å².